The second kappa shape index (κ2) is 3.18. The van der Waals surface area contributed by atoms with Crippen LogP contribution in [-0.2, 0) is 9.03 Å². The highest BCUT2D eigenvalue weighted by Crippen LogP contribution is 1.85. The largest absolute Gasteiger partial charge is 0.345 e. The highest BCUT2D eigenvalue weighted by Gasteiger charge is 2.15. The molecule has 0 saturated carbocycles. The normalized spacial score (nSPS) is 12.0. The van der Waals surface area contributed by atoms with Gasteiger partial charge < -0.3 is 4.74 Å². The van der Waals surface area contributed by atoms with Crippen LogP contribution in [0.15, 0.2) is 0 Å². The van der Waals surface area contributed by atoms with E-state index in [1.807, 2.05) is 0 Å². The quantitative estimate of drug-likeness (QED) is 0.384. The molecular weight excluding hydrogens is 139 g/mol. The van der Waals surface area contributed by atoms with E-state index >= 15 is 0 Å². The molecule has 0 aliphatic rings. The average molecular weight is 145 g/mol. The first-order chi connectivity index (χ1) is 3.56. The third-order valence-electron chi connectivity index (χ3n) is 0.296. The van der Waals surface area contributed by atoms with Crippen LogP contribution in [0.2, 0.25) is 0 Å². The molecule has 6 heteroatoms. The predicted molar refractivity (Wildman–Crippen MR) is 13.0 cm³/mol. The molecule has 50 valence electrons. The van der Waals surface area contributed by atoms with Gasteiger partial charge in [0.05, 0.1) is 14.5 Å². The van der Waals surface area contributed by atoms with Crippen LogP contribution in [0.25, 0.3) is 0 Å². The van der Waals surface area contributed by atoms with Crippen LogP contribution in [0.1, 0.15) is 0 Å². The molecule has 0 rings (SSSR count). The zero-order valence-corrected chi connectivity index (χ0v) is 4.88. The molecule has 0 fully saturated rings. The lowest BCUT2D eigenvalue weighted by molar-refractivity contribution is -1.92. The lowest BCUT2D eigenvalue weighted by Crippen LogP contribution is -2.61. The van der Waals surface area contributed by atoms with E-state index in [0.29, 0.717) is 0 Å². The first-order valence-electron chi connectivity index (χ1n) is 1.60. The van der Waals surface area contributed by atoms with Crippen LogP contribution in [-0.4, -0.2) is 13.9 Å². The molecule has 0 N–H and O–H groups in total. The number of rotatable bonds is 3. The van der Waals surface area contributed by atoms with Gasteiger partial charge in [0.25, 0.3) is 0 Å². The van der Waals surface area contributed by atoms with Gasteiger partial charge in [0.15, 0.2) is 0 Å². The smallest absolute Gasteiger partial charge is 0.303 e. The number of ether oxygens (including phenoxy) is 1. The summed E-state index contributed by atoms with van der Waals surface area (Å²) in [4.78, 5) is 0. The molecule has 0 unspecified atom stereocenters. The summed E-state index contributed by atoms with van der Waals surface area (Å²) in [6, 6.07) is 0. The Morgan fingerprint density at radius 3 is 2.00 bits per heavy atom. The maximum absolute atomic E-state index is 9.50. The second-order valence-corrected chi connectivity index (χ2v) is 1.87. The van der Waals surface area contributed by atoms with Gasteiger partial charge in [0, 0.05) is 7.11 Å². The molecule has 5 nitrogen and oxygen atoms in total. The van der Waals surface area contributed by atoms with Crippen molar-refractivity contribution in [2.24, 2.45) is 0 Å². The van der Waals surface area contributed by atoms with Gasteiger partial charge in [-0.1, -0.05) is 0 Å². The Morgan fingerprint density at radius 1 is 1.38 bits per heavy atom. The Labute approximate surface area is 48.2 Å². The van der Waals surface area contributed by atoms with Crippen molar-refractivity contribution < 1.29 is 33.2 Å². The third kappa shape index (κ3) is 6.09. The van der Waals surface area contributed by atoms with Crippen LogP contribution in [0.4, 0.5) is 0 Å². The van der Waals surface area contributed by atoms with E-state index in [2.05, 4.69) is 9.03 Å². The molecule has 0 saturated heterocycles. The van der Waals surface area contributed by atoms with Gasteiger partial charge in [-0.2, -0.15) is 14.0 Å². The first kappa shape index (κ1) is 8.09. The summed E-state index contributed by atoms with van der Waals surface area (Å²) in [7, 11) is -3.11. The number of methoxy groups -OCH3 is 1. The molecule has 0 amide bonds. The molecule has 0 heterocycles. The molecular formula is C2H5ClO5. The lowest BCUT2D eigenvalue weighted by atomic mass is 11.4. The summed E-state index contributed by atoms with van der Waals surface area (Å²) in [6.45, 7) is -0.534. The fraction of sp³-hybridized carbons (Fsp3) is 1.00. The summed E-state index contributed by atoms with van der Waals surface area (Å²) in [5, 5.41) is 0. The minimum Gasteiger partial charge on any atom is -0.345 e. The summed E-state index contributed by atoms with van der Waals surface area (Å²) in [5.41, 5.74) is 0. The SMILES string of the molecule is COCO[Cl+3]([O-])([O-])[O-]. The molecule has 0 aliphatic heterocycles. The van der Waals surface area contributed by atoms with E-state index in [-0.39, 0.29) is 0 Å². The zero-order chi connectivity index (χ0) is 6.62. The van der Waals surface area contributed by atoms with Crippen molar-refractivity contribution in [3.63, 3.8) is 0 Å². The molecule has 0 bridgehead atoms. The van der Waals surface area contributed by atoms with Crippen LogP contribution >= 0.6 is 0 Å². The summed E-state index contributed by atoms with van der Waals surface area (Å²) < 4.78 is 36.2. The topological polar surface area (TPSA) is 87.6 Å². The fourth-order valence-electron chi connectivity index (χ4n) is 0.0991. The molecule has 0 atom stereocenters. The summed E-state index contributed by atoms with van der Waals surface area (Å²) >= 11 is 0. The van der Waals surface area contributed by atoms with Gasteiger partial charge >= 0.3 is 6.79 Å². The average Bonchev–Trinajstić information content (AvgIpc) is 1.59. The van der Waals surface area contributed by atoms with Crippen molar-refractivity contribution in [1.82, 2.24) is 0 Å². The van der Waals surface area contributed by atoms with Gasteiger partial charge in [-0.25, -0.2) is 0 Å². The molecule has 0 aromatic rings. The maximum atomic E-state index is 9.50. The van der Waals surface area contributed by atoms with Crippen LogP contribution in [0.5, 0.6) is 0 Å². The van der Waals surface area contributed by atoms with E-state index in [1.165, 1.54) is 7.11 Å². The Hall–Kier alpha value is 0.0900. The third-order valence-corrected chi connectivity index (χ3v) is 0.652. The molecule has 0 aliphatic carbocycles. The standard InChI is InChI=1S/C2H5ClO5/c1-7-2-8-3(4,5)6/h2H2,1H3. The van der Waals surface area contributed by atoms with Crippen LogP contribution in [0, 0.1) is 10.2 Å². The lowest BCUT2D eigenvalue weighted by Gasteiger charge is -2.10. The second-order valence-electron chi connectivity index (χ2n) is 0.894. The van der Waals surface area contributed by atoms with Gasteiger partial charge in [-0.15, -0.1) is 0 Å². The zero-order valence-electron chi connectivity index (χ0n) is 4.13. The van der Waals surface area contributed by atoms with Gasteiger partial charge in [0.1, 0.15) is 0 Å². The monoisotopic (exact) mass is 144 g/mol. The van der Waals surface area contributed by atoms with Gasteiger partial charge in [-0.3, -0.25) is 0 Å². The van der Waals surface area contributed by atoms with E-state index in [9.17, 15) is 14.0 Å². The highest BCUT2D eigenvalue weighted by atomic mass is 35.7. The van der Waals surface area contributed by atoms with Gasteiger partial charge in [-0.05, 0) is 0 Å². The van der Waals surface area contributed by atoms with Crippen LogP contribution in [0.3, 0.4) is 0 Å². The molecule has 0 spiro atoms. The molecule has 0 aromatic heterocycles. The molecule has 0 aromatic carbocycles. The van der Waals surface area contributed by atoms with Gasteiger partial charge in [0.2, 0.25) is 0 Å². The summed E-state index contributed by atoms with van der Waals surface area (Å²) in [5.74, 6) is 0. The van der Waals surface area contributed by atoms with Crippen molar-refractivity contribution in [2.75, 3.05) is 13.9 Å². The minimum absolute atomic E-state index is 0.534. The van der Waals surface area contributed by atoms with Crippen molar-refractivity contribution in [3.8, 4) is 0 Å². The summed E-state index contributed by atoms with van der Waals surface area (Å²) in [6.07, 6.45) is 0. The highest BCUT2D eigenvalue weighted by molar-refractivity contribution is 3.77. The number of hydrogen-bond donors (Lipinski definition) is 0. The number of halogens is 1. The number of hydrogen-bond acceptors (Lipinski definition) is 5. The first-order valence-corrected chi connectivity index (χ1v) is 2.84. The van der Waals surface area contributed by atoms with Crippen molar-refractivity contribution in [2.45, 2.75) is 0 Å². The molecule has 8 heavy (non-hydrogen) atoms. The fourth-order valence-corrected chi connectivity index (χ4v) is 0.297. The Bertz CT molecular complexity index is 57.9. The van der Waals surface area contributed by atoms with E-state index in [4.69, 9.17) is 0 Å². The maximum Gasteiger partial charge on any atom is 0.303 e. The van der Waals surface area contributed by atoms with Crippen LogP contribution < -0.4 is 14.0 Å². The Morgan fingerprint density at radius 2 is 1.88 bits per heavy atom. The van der Waals surface area contributed by atoms with Crippen molar-refractivity contribution >= 4 is 0 Å². The predicted octanol–water partition coefficient (Wildman–Crippen LogP) is -3.50. The minimum atomic E-state index is -4.32. The van der Waals surface area contributed by atoms with E-state index in [0.717, 1.165) is 0 Å². The van der Waals surface area contributed by atoms with E-state index < -0.39 is 17.0 Å². The Kier molecular flexibility index (Phi) is 3.22. The molecule has 0 radical (unpaired) electrons. The van der Waals surface area contributed by atoms with E-state index in [1.54, 1.807) is 0 Å². The van der Waals surface area contributed by atoms with Crippen molar-refractivity contribution in [3.05, 3.63) is 0 Å². The van der Waals surface area contributed by atoms with Crippen molar-refractivity contribution in [1.29, 1.82) is 0 Å². The Balaban J connectivity index is 3.11.